The molecule has 2 aliphatic rings. The Hall–Kier alpha value is -0.220. The highest BCUT2D eigenvalue weighted by Crippen LogP contribution is 2.37. The summed E-state index contributed by atoms with van der Waals surface area (Å²) in [5.41, 5.74) is -0.158. The molecule has 2 rings (SSSR count). The molecule has 0 bridgehead atoms. The van der Waals surface area contributed by atoms with Crippen LogP contribution >= 0.6 is 11.8 Å². The molecule has 0 saturated carbocycles. The number of nitrogens with zero attached hydrogens (tertiary/aromatic N) is 1. The van der Waals surface area contributed by atoms with Gasteiger partial charge in [0.1, 0.15) is 5.54 Å². The molecule has 2 heterocycles. The van der Waals surface area contributed by atoms with E-state index in [1.807, 2.05) is 23.6 Å². The minimum atomic E-state index is -0.158. The second kappa shape index (κ2) is 2.89. The number of fused-ring (bicyclic) bond motifs is 1. The summed E-state index contributed by atoms with van der Waals surface area (Å²) in [6.07, 6.45) is 2.12. The fourth-order valence-corrected chi connectivity index (χ4v) is 2.43. The highest BCUT2D eigenvalue weighted by molar-refractivity contribution is 7.99. The molecule has 0 spiro atoms. The average Bonchev–Trinajstić information content (AvgIpc) is 2.68. The van der Waals surface area contributed by atoms with Gasteiger partial charge in [0.15, 0.2) is 0 Å². The fraction of sp³-hybridized carbons (Fsp3) is 0.889. The second-order valence-electron chi connectivity index (χ2n) is 4.12. The van der Waals surface area contributed by atoms with Gasteiger partial charge < -0.3 is 10.2 Å². The molecule has 0 aromatic rings. The van der Waals surface area contributed by atoms with Crippen molar-refractivity contribution in [2.24, 2.45) is 0 Å². The zero-order valence-electron chi connectivity index (χ0n) is 8.33. The van der Waals surface area contributed by atoms with Crippen molar-refractivity contribution < 1.29 is 4.79 Å². The maximum Gasteiger partial charge on any atom is 0.250 e. The van der Waals surface area contributed by atoms with Gasteiger partial charge in [-0.3, -0.25) is 4.79 Å². The summed E-state index contributed by atoms with van der Waals surface area (Å²) in [5.74, 6) is 0.316. The van der Waals surface area contributed by atoms with E-state index in [0.29, 0.717) is 17.2 Å². The lowest BCUT2D eigenvalue weighted by molar-refractivity contribution is -0.114. The van der Waals surface area contributed by atoms with E-state index in [4.69, 9.17) is 0 Å². The van der Waals surface area contributed by atoms with Gasteiger partial charge in [-0.25, -0.2) is 0 Å². The van der Waals surface area contributed by atoms with Crippen LogP contribution < -0.4 is 5.32 Å². The Balaban J connectivity index is 1.98. The van der Waals surface area contributed by atoms with Crippen LogP contribution in [0.2, 0.25) is 0 Å². The summed E-state index contributed by atoms with van der Waals surface area (Å²) in [6.45, 7) is 5.93. The number of carbonyl (C=O) groups is 1. The lowest BCUT2D eigenvalue weighted by atomic mass is 10.1. The van der Waals surface area contributed by atoms with Crippen molar-refractivity contribution in [2.45, 2.75) is 30.7 Å². The highest BCUT2D eigenvalue weighted by Gasteiger charge is 2.61. The zero-order valence-corrected chi connectivity index (χ0v) is 9.15. The third-order valence-corrected chi connectivity index (χ3v) is 4.35. The Morgan fingerprint density at radius 2 is 2.46 bits per heavy atom. The first-order chi connectivity index (χ1) is 6.09. The van der Waals surface area contributed by atoms with E-state index < -0.39 is 0 Å². The predicted molar refractivity (Wildman–Crippen MR) is 54.9 cm³/mol. The number of thioether (sulfide) groups is 1. The Bertz CT molecular complexity index is 246. The number of hydrogen-bond acceptors (Lipinski definition) is 3. The zero-order chi connectivity index (χ0) is 9.64. The summed E-state index contributed by atoms with van der Waals surface area (Å²) in [6, 6.07) is 0.467. The maximum absolute atomic E-state index is 11.4. The fourth-order valence-electron chi connectivity index (χ4n) is 1.92. The molecule has 2 aliphatic heterocycles. The molecule has 0 aromatic carbocycles. The van der Waals surface area contributed by atoms with E-state index in [0.717, 1.165) is 13.1 Å². The topological polar surface area (TPSA) is 32.1 Å². The average molecular weight is 200 g/mol. The van der Waals surface area contributed by atoms with Gasteiger partial charge in [-0.2, -0.15) is 11.8 Å². The van der Waals surface area contributed by atoms with Crippen LogP contribution in [-0.4, -0.2) is 47.0 Å². The first-order valence-corrected chi connectivity index (χ1v) is 5.96. The number of carbonyl (C=O) groups excluding carboxylic acids is 1. The van der Waals surface area contributed by atoms with E-state index in [-0.39, 0.29) is 5.54 Å². The van der Waals surface area contributed by atoms with Crippen molar-refractivity contribution in [3.05, 3.63) is 0 Å². The van der Waals surface area contributed by atoms with Crippen molar-refractivity contribution >= 4 is 17.7 Å². The minimum Gasteiger partial charge on any atom is -0.323 e. The third-order valence-electron chi connectivity index (χ3n) is 3.28. The molecule has 0 radical (unpaired) electrons. The van der Waals surface area contributed by atoms with E-state index >= 15 is 0 Å². The van der Waals surface area contributed by atoms with E-state index in [9.17, 15) is 4.79 Å². The van der Waals surface area contributed by atoms with Crippen LogP contribution in [0.3, 0.4) is 0 Å². The van der Waals surface area contributed by atoms with Crippen molar-refractivity contribution in [1.82, 2.24) is 10.2 Å². The van der Waals surface area contributed by atoms with Gasteiger partial charge in [0.25, 0.3) is 5.91 Å². The van der Waals surface area contributed by atoms with Crippen LogP contribution in [-0.2, 0) is 4.79 Å². The minimum absolute atomic E-state index is 0.158. The molecular formula is C9H16N2OS. The van der Waals surface area contributed by atoms with Crippen molar-refractivity contribution in [3.63, 3.8) is 0 Å². The van der Waals surface area contributed by atoms with Gasteiger partial charge in [-0.1, -0.05) is 6.92 Å². The number of amides is 1. The smallest absolute Gasteiger partial charge is 0.250 e. The number of piperazine rings is 1. The Kier molecular flexibility index (Phi) is 2.07. The molecule has 13 heavy (non-hydrogen) atoms. The van der Waals surface area contributed by atoms with E-state index in [1.165, 1.54) is 0 Å². The number of hydrogen-bond donors (Lipinski definition) is 1. The first kappa shape index (κ1) is 9.34. The molecule has 4 heteroatoms. The molecule has 0 aliphatic carbocycles. The van der Waals surface area contributed by atoms with Crippen molar-refractivity contribution in [3.8, 4) is 0 Å². The first-order valence-electron chi connectivity index (χ1n) is 4.68. The summed E-state index contributed by atoms with van der Waals surface area (Å²) in [7, 11) is 0. The van der Waals surface area contributed by atoms with Gasteiger partial charge in [0.2, 0.25) is 0 Å². The normalized spacial score (nSPS) is 40.1. The lowest BCUT2D eigenvalue weighted by Crippen LogP contribution is -2.51. The second-order valence-corrected chi connectivity index (χ2v) is 5.33. The summed E-state index contributed by atoms with van der Waals surface area (Å²) in [5, 5.41) is 4.03. The van der Waals surface area contributed by atoms with Gasteiger partial charge in [-0.05, 0) is 13.2 Å². The lowest BCUT2D eigenvalue weighted by Gasteiger charge is -2.30. The van der Waals surface area contributed by atoms with Crippen LogP contribution in [0.25, 0.3) is 0 Å². The van der Waals surface area contributed by atoms with Crippen LogP contribution in [0.4, 0.5) is 0 Å². The van der Waals surface area contributed by atoms with Gasteiger partial charge in [-0.15, -0.1) is 0 Å². The molecule has 0 aromatic heterocycles. The van der Waals surface area contributed by atoms with Crippen LogP contribution in [0.15, 0.2) is 0 Å². The molecule has 3 unspecified atom stereocenters. The van der Waals surface area contributed by atoms with E-state index in [1.54, 1.807) is 0 Å². The molecule has 74 valence electrons. The molecule has 2 fully saturated rings. The standard InChI is InChI=1S/C9H16N2OS/c1-6(13-3)7-4-11-8(12)9(11,2)5-10-7/h6-7,10H,4-5H2,1-3H3. The largest absolute Gasteiger partial charge is 0.323 e. The molecular weight excluding hydrogens is 184 g/mol. The van der Waals surface area contributed by atoms with E-state index in [2.05, 4.69) is 18.5 Å². The molecule has 3 nitrogen and oxygen atoms in total. The van der Waals surface area contributed by atoms with Crippen LogP contribution in [0, 0.1) is 0 Å². The van der Waals surface area contributed by atoms with Crippen LogP contribution in [0.5, 0.6) is 0 Å². The summed E-state index contributed by atoms with van der Waals surface area (Å²) in [4.78, 5) is 13.4. The quantitative estimate of drug-likeness (QED) is 0.651. The van der Waals surface area contributed by atoms with Gasteiger partial charge in [0, 0.05) is 24.4 Å². The Labute approximate surface area is 83.2 Å². The number of nitrogens with one attached hydrogen (secondary N) is 1. The maximum atomic E-state index is 11.4. The monoisotopic (exact) mass is 200 g/mol. The van der Waals surface area contributed by atoms with Crippen molar-refractivity contribution in [2.75, 3.05) is 19.3 Å². The highest BCUT2D eigenvalue weighted by atomic mass is 32.2. The molecule has 1 N–H and O–H groups in total. The molecule has 1 amide bonds. The Morgan fingerprint density at radius 3 is 3.00 bits per heavy atom. The van der Waals surface area contributed by atoms with Crippen molar-refractivity contribution in [1.29, 1.82) is 0 Å². The SMILES string of the molecule is CSC(C)C1CN2C(=O)C2(C)CN1. The molecule has 2 saturated heterocycles. The predicted octanol–water partition coefficient (Wildman–Crippen LogP) is 0.311. The molecule has 3 atom stereocenters. The summed E-state index contributed by atoms with van der Waals surface area (Å²) < 4.78 is 0. The Morgan fingerprint density at radius 1 is 1.77 bits per heavy atom. The third kappa shape index (κ3) is 1.27. The summed E-state index contributed by atoms with van der Waals surface area (Å²) >= 11 is 1.85. The van der Waals surface area contributed by atoms with Crippen LogP contribution in [0.1, 0.15) is 13.8 Å². The number of rotatable bonds is 2. The van der Waals surface area contributed by atoms with Gasteiger partial charge >= 0.3 is 0 Å². The van der Waals surface area contributed by atoms with Gasteiger partial charge in [0.05, 0.1) is 0 Å².